The summed E-state index contributed by atoms with van der Waals surface area (Å²) < 4.78 is 25.8. The van der Waals surface area contributed by atoms with E-state index in [2.05, 4.69) is 5.32 Å². The van der Waals surface area contributed by atoms with Crippen LogP contribution in [0.15, 0.2) is 42.5 Å². The van der Waals surface area contributed by atoms with E-state index in [1.54, 1.807) is 18.2 Å². The van der Waals surface area contributed by atoms with E-state index < -0.39 is 0 Å². The molecule has 0 heterocycles. The lowest BCUT2D eigenvalue weighted by atomic mass is 10.1. The van der Waals surface area contributed by atoms with E-state index >= 15 is 0 Å². The molecule has 1 N–H and O–H groups in total. The maximum absolute atomic E-state index is 13.0. The number of hydrogen-bond donors (Lipinski definition) is 1. The van der Waals surface area contributed by atoms with Crippen LogP contribution in [0.2, 0.25) is 0 Å². The van der Waals surface area contributed by atoms with Crippen molar-refractivity contribution in [3.8, 4) is 0 Å². The van der Waals surface area contributed by atoms with Gasteiger partial charge in [-0.05, 0) is 55.3 Å². The zero-order chi connectivity index (χ0) is 13.1. The smallest absolute Gasteiger partial charge is 0.123 e. The molecule has 0 aromatic heterocycles. The molecule has 0 radical (unpaired) electrons. The van der Waals surface area contributed by atoms with E-state index in [0.29, 0.717) is 0 Å². The molecule has 2 aromatic carbocycles. The fourth-order valence-corrected chi connectivity index (χ4v) is 1.86. The van der Waals surface area contributed by atoms with E-state index in [4.69, 9.17) is 0 Å². The summed E-state index contributed by atoms with van der Waals surface area (Å²) in [4.78, 5) is 0. The SMILES string of the molecule is Cc1cc(F)ccc1NC(C)c1ccc(F)cc1. The Morgan fingerprint density at radius 1 is 0.944 bits per heavy atom. The normalized spacial score (nSPS) is 12.2. The van der Waals surface area contributed by atoms with Crippen molar-refractivity contribution in [3.05, 3.63) is 65.2 Å². The van der Waals surface area contributed by atoms with Gasteiger partial charge in [0.1, 0.15) is 11.6 Å². The highest BCUT2D eigenvalue weighted by Crippen LogP contribution is 2.22. The minimum absolute atomic E-state index is 0.0368. The Hall–Kier alpha value is -1.90. The number of nitrogens with one attached hydrogen (secondary N) is 1. The molecule has 0 amide bonds. The predicted molar refractivity (Wildman–Crippen MR) is 69.6 cm³/mol. The van der Waals surface area contributed by atoms with Crippen molar-refractivity contribution in [2.75, 3.05) is 5.32 Å². The Morgan fingerprint density at radius 2 is 1.56 bits per heavy atom. The summed E-state index contributed by atoms with van der Waals surface area (Å²) in [6, 6.07) is 11.0. The molecule has 0 saturated heterocycles. The fraction of sp³-hybridized carbons (Fsp3) is 0.200. The first-order valence-electron chi connectivity index (χ1n) is 5.84. The Morgan fingerprint density at radius 3 is 2.17 bits per heavy atom. The second kappa shape index (κ2) is 5.17. The van der Waals surface area contributed by atoms with Crippen LogP contribution < -0.4 is 5.32 Å². The van der Waals surface area contributed by atoms with Gasteiger partial charge in [-0.2, -0.15) is 0 Å². The van der Waals surface area contributed by atoms with E-state index in [-0.39, 0.29) is 17.7 Å². The molecule has 2 rings (SSSR count). The van der Waals surface area contributed by atoms with E-state index in [1.165, 1.54) is 24.3 Å². The molecular formula is C15H15F2N. The molecule has 94 valence electrons. The fourth-order valence-electron chi connectivity index (χ4n) is 1.86. The largest absolute Gasteiger partial charge is 0.378 e. The molecule has 2 aromatic rings. The lowest BCUT2D eigenvalue weighted by Crippen LogP contribution is -2.07. The molecule has 18 heavy (non-hydrogen) atoms. The Bertz CT molecular complexity index is 535. The Balaban J connectivity index is 2.15. The highest BCUT2D eigenvalue weighted by molar-refractivity contribution is 5.52. The number of anilines is 1. The number of benzene rings is 2. The molecule has 0 aliphatic heterocycles. The third-order valence-corrected chi connectivity index (χ3v) is 2.93. The highest BCUT2D eigenvalue weighted by Gasteiger charge is 2.07. The molecule has 0 saturated carbocycles. The number of aryl methyl sites for hydroxylation is 1. The lowest BCUT2D eigenvalue weighted by molar-refractivity contribution is 0.625. The Kier molecular flexibility index (Phi) is 3.60. The van der Waals surface area contributed by atoms with Crippen LogP contribution in [-0.2, 0) is 0 Å². The second-order valence-electron chi connectivity index (χ2n) is 4.38. The monoisotopic (exact) mass is 247 g/mol. The van der Waals surface area contributed by atoms with Crippen LogP contribution in [-0.4, -0.2) is 0 Å². The maximum atomic E-state index is 13.0. The summed E-state index contributed by atoms with van der Waals surface area (Å²) in [5, 5.41) is 3.28. The summed E-state index contributed by atoms with van der Waals surface area (Å²) in [5.74, 6) is -0.489. The third kappa shape index (κ3) is 2.86. The van der Waals surface area contributed by atoms with E-state index in [1.807, 2.05) is 13.8 Å². The summed E-state index contributed by atoms with van der Waals surface area (Å²) in [5.41, 5.74) is 2.72. The van der Waals surface area contributed by atoms with Gasteiger partial charge >= 0.3 is 0 Å². The second-order valence-corrected chi connectivity index (χ2v) is 4.38. The standard InChI is InChI=1S/C15H15F2N/c1-10-9-14(17)7-8-15(10)18-11(2)12-3-5-13(16)6-4-12/h3-9,11,18H,1-2H3. The van der Waals surface area contributed by atoms with Gasteiger partial charge in [0.15, 0.2) is 0 Å². The van der Waals surface area contributed by atoms with Gasteiger partial charge < -0.3 is 5.32 Å². The molecule has 0 bridgehead atoms. The van der Waals surface area contributed by atoms with Crippen molar-refractivity contribution in [3.63, 3.8) is 0 Å². The zero-order valence-electron chi connectivity index (χ0n) is 10.4. The molecule has 0 spiro atoms. The van der Waals surface area contributed by atoms with Gasteiger partial charge in [-0.3, -0.25) is 0 Å². The first kappa shape index (κ1) is 12.6. The Labute approximate surface area is 105 Å². The predicted octanol–water partition coefficient (Wildman–Crippen LogP) is 4.45. The van der Waals surface area contributed by atoms with Gasteiger partial charge in [0.25, 0.3) is 0 Å². The van der Waals surface area contributed by atoms with Crippen LogP contribution in [0.5, 0.6) is 0 Å². The van der Waals surface area contributed by atoms with Gasteiger partial charge in [0, 0.05) is 11.7 Å². The zero-order valence-corrected chi connectivity index (χ0v) is 10.4. The lowest BCUT2D eigenvalue weighted by Gasteiger charge is -2.17. The molecule has 1 nitrogen and oxygen atoms in total. The highest BCUT2D eigenvalue weighted by atomic mass is 19.1. The summed E-state index contributed by atoms with van der Waals surface area (Å²) in [7, 11) is 0. The third-order valence-electron chi connectivity index (χ3n) is 2.93. The van der Waals surface area contributed by atoms with E-state index in [9.17, 15) is 8.78 Å². The van der Waals surface area contributed by atoms with Gasteiger partial charge in [-0.25, -0.2) is 8.78 Å². The summed E-state index contributed by atoms with van der Waals surface area (Å²) in [6.45, 7) is 3.83. The van der Waals surface area contributed by atoms with Crippen LogP contribution in [0.3, 0.4) is 0 Å². The minimum atomic E-state index is -0.246. The van der Waals surface area contributed by atoms with Gasteiger partial charge in [0.05, 0.1) is 0 Å². The van der Waals surface area contributed by atoms with Gasteiger partial charge in [-0.1, -0.05) is 12.1 Å². The minimum Gasteiger partial charge on any atom is -0.378 e. The van der Waals surface area contributed by atoms with Crippen LogP contribution in [0, 0.1) is 18.6 Å². The number of halogens is 2. The molecule has 0 fully saturated rings. The first-order valence-corrected chi connectivity index (χ1v) is 5.84. The van der Waals surface area contributed by atoms with Crippen molar-refractivity contribution in [2.24, 2.45) is 0 Å². The maximum Gasteiger partial charge on any atom is 0.123 e. The van der Waals surface area contributed by atoms with Crippen molar-refractivity contribution in [1.82, 2.24) is 0 Å². The van der Waals surface area contributed by atoms with E-state index in [0.717, 1.165) is 16.8 Å². The van der Waals surface area contributed by atoms with Crippen LogP contribution >= 0.6 is 0 Å². The summed E-state index contributed by atoms with van der Waals surface area (Å²) in [6.07, 6.45) is 0. The molecule has 0 aliphatic rings. The van der Waals surface area contributed by atoms with Crippen LogP contribution in [0.1, 0.15) is 24.1 Å². The first-order chi connectivity index (χ1) is 8.56. The molecule has 3 heteroatoms. The molecular weight excluding hydrogens is 232 g/mol. The average Bonchev–Trinajstić information content (AvgIpc) is 2.33. The van der Waals surface area contributed by atoms with Crippen molar-refractivity contribution in [2.45, 2.75) is 19.9 Å². The molecule has 1 unspecified atom stereocenters. The summed E-state index contributed by atoms with van der Waals surface area (Å²) >= 11 is 0. The van der Waals surface area contributed by atoms with Gasteiger partial charge in [0.2, 0.25) is 0 Å². The van der Waals surface area contributed by atoms with Crippen LogP contribution in [0.4, 0.5) is 14.5 Å². The number of rotatable bonds is 3. The average molecular weight is 247 g/mol. The topological polar surface area (TPSA) is 12.0 Å². The van der Waals surface area contributed by atoms with Crippen molar-refractivity contribution >= 4 is 5.69 Å². The quantitative estimate of drug-likeness (QED) is 0.845. The van der Waals surface area contributed by atoms with Crippen LogP contribution in [0.25, 0.3) is 0 Å². The molecule has 0 aliphatic carbocycles. The van der Waals surface area contributed by atoms with Gasteiger partial charge in [-0.15, -0.1) is 0 Å². The molecule has 1 atom stereocenters. The van der Waals surface area contributed by atoms with Crippen molar-refractivity contribution in [1.29, 1.82) is 0 Å². The number of hydrogen-bond acceptors (Lipinski definition) is 1. The van der Waals surface area contributed by atoms with Crippen molar-refractivity contribution < 1.29 is 8.78 Å².